The van der Waals surface area contributed by atoms with Crippen LogP contribution < -0.4 is 0 Å². The number of hydrogen-bond donors (Lipinski definition) is 0. The smallest absolute Gasteiger partial charge is 0.424 e. The fourth-order valence-corrected chi connectivity index (χ4v) is 4.78. The minimum atomic E-state index is -4.10. The number of hydrogen-bond acceptors (Lipinski definition) is 4. The van der Waals surface area contributed by atoms with Gasteiger partial charge in [-0.1, -0.05) is 48.0 Å². The summed E-state index contributed by atoms with van der Waals surface area (Å²) in [5.41, 5.74) is 0.273. The zero-order valence-corrected chi connectivity index (χ0v) is 14.5. The van der Waals surface area contributed by atoms with Crippen LogP contribution in [0, 0.1) is 6.92 Å². The van der Waals surface area contributed by atoms with Crippen molar-refractivity contribution in [1.82, 2.24) is 4.31 Å². The maximum absolute atomic E-state index is 13.1. The van der Waals surface area contributed by atoms with Gasteiger partial charge in [-0.15, -0.1) is 11.6 Å². The lowest BCUT2D eigenvalue weighted by Crippen LogP contribution is -2.49. The van der Waals surface area contributed by atoms with E-state index in [1.54, 1.807) is 36.4 Å². The number of ether oxygens (including phenoxy) is 1. The van der Waals surface area contributed by atoms with Gasteiger partial charge in [0.2, 0.25) is 0 Å². The Morgan fingerprint density at radius 1 is 1.12 bits per heavy atom. The summed E-state index contributed by atoms with van der Waals surface area (Å²) in [5, 5.41) is 0. The molecule has 7 heteroatoms. The van der Waals surface area contributed by atoms with Crippen molar-refractivity contribution in [3.05, 3.63) is 65.7 Å². The molecule has 2 aromatic carbocycles. The predicted octanol–water partition coefficient (Wildman–Crippen LogP) is 3.27. The van der Waals surface area contributed by atoms with Crippen LogP contribution in [0.25, 0.3) is 0 Å². The van der Waals surface area contributed by atoms with E-state index in [0.717, 1.165) is 9.87 Å². The largest absolute Gasteiger partial charge is 0.446 e. The van der Waals surface area contributed by atoms with Crippen molar-refractivity contribution in [2.45, 2.75) is 17.4 Å². The molecule has 1 heterocycles. The number of alkyl halides is 1. The van der Waals surface area contributed by atoms with Crippen LogP contribution in [-0.4, -0.2) is 31.3 Å². The van der Waals surface area contributed by atoms with E-state index in [0.29, 0.717) is 5.56 Å². The summed E-state index contributed by atoms with van der Waals surface area (Å²) in [5.74, 6) is -0.103. The number of sulfonamides is 1. The van der Waals surface area contributed by atoms with Crippen LogP contribution in [0.15, 0.2) is 59.5 Å². The van der Waals surface area contributed by atoms with Crippen LogP contribution >= 0.6 is 11.6 Å². The Balaban J connectivity index is 2.16. The Hall–Kier alpha value is -2.05. The minimum absolute atomic E-state index is 0.0253. The highest BCUT2D eigenvalue weighted by Gasteiger charge is 2.54. The number of nitrogens with zero attached hydrogens (tertiary/aromatic N) is 1. The Morgan fingerprint density at radius 3 is 2.33 bits per heavy atom. The van der Waals surface area contributed by atoms with Gasteiger partial charge in [0.1, 0.15) is 12.1 Å². The molecule has 0 aromatic heterocycles. The Bertz CT molecular complexity index is 852. The van der Waals surface area contributed by atoms with Gasteiger partial charge in [-0.25, -0.2) is 13.2 Å². The molecule has 24 heavy (non-hydrogen) atoms. The molecule has 1 saturated heterocycles. The summed E-state index contributed by atoms with van der Waals surface area (Å²) in [6.07, 6.45) is -0.917. The molecule has 0 spiro atoms. The summed E-state index contributed by atoms with van der Waals surface area (Å²) < 4.78 is 32.0. The van der Waals surface area contributed by atoms with Crippen molar-refractivity contribution >= 4 is 27.7 Å². The van der Waals surface area contributed by atoms with Gasteiger partial charge >= 0.3 is 6.09 Å². The van der Waals surface area contributed by atoms with E-state index in [9.17, 15) is 13.2 Å². The Labute approximate surface area is 145 Å². The first-order valence-corrected chi connectivity index (χ1v) is 9.30. The molecule has 5 nitrogen and oxygen atoms in total. The SMILES string of the molecule is Cc1ccc(S(=O)(=O)N2C(=O)OC[C@]2(CCl)c2ccccc2)cc1. The van der Waals surface area contributed by atoms with Gasteiger partial charge < -0.3 is 4.74 Å². The highest BCUT2D eigenvalue weighted by atomic mass is 35.5. The average Bonchev–Trinajstić information content (AvgIpc) is 2.94. The summed E-state index contributed by atoms with van der Waals surface area (Å²) in [7, 11) is -4.10. The molecule has 1 amide bonds. The van der Waals surface area contributed by atoms with Crippen LogP contribution in [0.1, 0.15) is 11.1 Å². The fraction of sp³-hybridized carbons (Fsp3) is 0.235. The molecule has 0 bridgehead atoms. The van der Waals surface area contributed by atoms with E-state index in [-0.39, 0.29) is 17.4 Å². The van der Waals surface area contributed by atoms with Gasteiger partial charge in [0, 0.05) is 0 Å². The molecule has 0 unspecified atom stereocenters. The number of benzene rings is 2. The lowest BCUT2D eigenvalue weighted by Gasteiger charge is -2.33. The van der Waals surface area contributed by atoms with Crippen LogP contribution in [0.4, 0.5) is 4.79 Å². The topological polar surface area (TPSA) is 63.7 Å². The molecule has 0 saturated carbocycles. The van der Waals surface area contributed by atoms with E-state index in [1.165, 1.54) is 12.1 Å². The molecule has 1 atom stereocenters. The second kappa shape index (κ2) is 6.11. The number of carbonyl (C=O) groups excluding carboxylic acids is 1. The highest BCUT2D eigenvalue weighted by Crippen LogP contribution is 2.40. The maximum atomic E-state index is 13.1. The minimum Gasteiger partial charge on any atom is -0.446 e. The number of carbonyl (C=O) groups is 1. The van der Waals surface area contributed by atoms with Crippen LogP contribution in [0.5, 0.6) is 0 Å². The lowest BCUT2D eigenvalue weighted by molar-refractivity contribution is 0.169. The van der Waals surface area contributed by atoms with Crippen molar-refractivity contribution in [3.63, 3.8) is 0 Å². The molecule has 2 aromatic rings. The Kier molecular flexibility index (Phi) is 4.27. The second-order valence-electron chi connectivity index (χ2n) is 5.67. The third-order valence-electron chi connectivity index (χ3n) is 4.08. The van der Waals surface area contributed by atoms with Gasteiger partial charge in [0.05, 0.1) is 10.8 Å². The standard InChI is InChI=1S/C17H16ClNO4S/c1-13-7-9-15(10-8-13)24(21,22)19-16(20)23-12-17(19,11-18)14-5-3-2-4-6-14/h2-10H,11-12H2,1H3/t17-/m1/s1. The molecule has 1 aliphatic rings. The van der Waals surface area contributed by atoms with E-state index in [2.05, 4.69) is 0 Å². The fourth-order valence-electron chi connectivity index (χ4n) is 2.74. The molecule has 126 valence electrons. The first-order valence-electron chi connectivity index (χ1n) is 7.32. The van der Waals surface area contributed by atoms with Gasteiger partial charge in [0.15, 0.2) is 0 Å². The zero-order valence-electron chi connectivity index (χ0n) is 13.0. The summed E-state index contributed by atoms with van der Waals surface area (Å²) in [6, 6.07) is 15.1. The van der Waals surface area contributed by atoms with E-state index in [4.69, 9.17) is 16.3 Å². The third kappa shape index (κ3) is 2.56. The highest BCUT2D eigenvalue weighted by molar-refractivity contribution is 7.89. The van der Waals surface area contributed by atoms with Crippen LogP contribution in [0.2, 0.25) is 0 Å². The number of amides is 1. The van der Waals surface area contributed by atoms with E-state index in [1.807, 2.05) is 13.0 Å². The summed E-state index contributed by atoms with van der Waals surface area (Å²) in [6.45, 7) is 1.73. The van der Waals surface area contributed by atoms with E-state index >= 15 is 0 Å². The molecule has 1 fully saturated rings. The van der Waals surface area contributed by atoms with Crippen molar-refractivity contribution in [3.8, 4) is 0 Å². The average molecular weight is 366 g/mol. The Morgan fingerprint density at radius 2 is 1.75 bits per heavy atom. The quantitative estimate of drug-likeness (QED) is 0.780. The lowest BCUT2D eigenvalue weighted by atomic mass is 9.93. The molecule has 0 N–H and O–H groups in total. The van der Waals surface area contributed by atoms with Crippen molar-refractivity contribution in [2.75, 3.05) is 12.5 Å². The van der Waals surface area contributed by atoms with Crippen molar-refractivity contribution in [1.29, 1.82) is 0 Å². The molecule has 1 aliphatic heterocycles. The van der Waals surface area contributed by atoms with Gasteiger partial charge in [-0.05, 0) is 24.6 Å². The van der Waals surface area contributed by atoms with Crippen LogP contribution in [-0.2, 0) is 20.3 Å². The second-order valence-corrected chi connectivity index (χ2v) is 7.72. The molecule has 0 aliphatic carbocycles. The monoisotopic (exact) mass is 365 g/mol. The van der Waals surface area contributed by atoms with Crippen molar-refractivity contribution in [2.24, 2.45) is 0 Å². The molecule has 0 radical (unpaired) electrons. The third-order valence-corrected chi connectivity index (χ3v) is 6.37. The van der Waals surface area contributed by atoms with E-state index < -0.39 is 21.7 Å². The zero-order chi connectivity index (χ0) is 17.4. The molecular weight excluding hydrogens is 350 g/mol. The number of cyclic esters (lactones) is 1. The number of halogens is 1. The van der Waals surface area contributed by atoms with Gasteiger partial charge in [-0.2, -0.15) is 4.31 Å². The molecule has 3 rings (SSSR count). The maximum Gasteiger partial charge on any atom is 0.424 e. The van der Waals surface area contributed by atoms with Crippen LogP contribution in [0.3, 0.4) is 0 Å². The first-order chi connectivity index (χ1) is 11.4. The first kappa shape index (κ1) is 16.8. The predicted molar refractivity (Wildman–Crippen MR) is 90.4 cm³/mol. The van der Waals surface area contributed by atoms with Crippen molar-refractivity contribution < 1.29 is 17.9 Å². The van der Waals surface area contributed by atoms with Gasteiger partial charge in [-0.3, -0.25) is 0 Å². The summed E-state index contributed by atoms with van der Waals surface area (Å²) in [4.78, 5) is 12.3. The normalized spacial score (nSPS) is 20.9. The molecular formula is C17H16ClNO4S. The number of rotatable bonds is 4. The number of aryl methyl sites for hydroxylation is 1. The summed E-state index contributed by atoms with van der Waals surface area (Å²) >= 11 is 6.14. The van der Waals surface area contributed by atoms with Gasteiger partial charge in [0.25, 0.3) is 10.0 Å².